The molecule has 0 unspecified atom stereocenters. The fourth-order valence-electron chi connectivity index (χ4n) is 3.05. The number of amides is 1. The number of carbonyl (C=O) groups is 2. The smallest absolute Gasteiger partial charge is 0.330 e. The predicted molar refractivity (Wildman–Crippen MR) is 124 cm³/mol. The van der Waals surface area contributed by atoms with Crippen LogP contribution in [0.5, 0.6) is 0 Å². The number of ether oxygens (including phenoxy) is 1. The highest BCUT2D eigenvalue weighted by Crippen LogP contribution is 2.23. The summed E-state index contributed by atoms with van der Waals surface area (Å²) in [5.74, 6) is -1.38. The molecule has 32 heavy (non-hydrogen) atoms. The van der Waals surface area contributed by atoms with Crippen LogP contribution in [0.4, 0.5) is 11.5 Å². The summed E-state index contributed by atoms with van der Waals surface area (Å²) in [4.78, 5) is 53.0. The van der Waals surface area contributed by atoms with Gasteiger partial charge in [0.2, 0.25) is 0 Å². The molecule has 0 spiro atoms. The number of H-pyrrole nitrogens is 1. The van der Waals surface area contributed by atoms with Gasteiger partial charge in [-0.25, -0.2) is 4.79 Å². The van der Waals surface area contributed by atoms with Crippen molar-refractivity contribution < 1.29 is 14.3 Å². The number of nitrogens with zero attached hydrogens (tertiary/aromatic N) is 2. The maximum atomic E-state index is 12.9. The van der Waals surface area contributed by atoms with Gasteiger partial charge in [0.25, 0.3) is 11.5 Å². The minimum absolute atomic E-state index is 0.104. The Bertz CT molecular complexity index is 1100. The Hall–Kier alpha value is -2.78. The van der Waals surface area contributed by atoms with Crippen molar-refractivity contribution in [2.75, 3.05) is 23.8 Å². The summed E-state index contributed by atoms with van der Waals surface area (Å²) < 4.78 is 6.32. The summed E-state index contributed by atoms with van der Waals surface area (Å²) in [5.41, 5.74) is 5.12. The Labute approximate surface area is 195 Å². The van der Waals surface area contributed by atoms with E-state index in [-0.39, 0.29) is 31.0 Å². The quantitative estimate of drug-likeness (QED) is 0.499. The summed E-state index contributed by atoms with van der Waals surface area (Å²) in [5, 5.41) is 0.661. The summed E-state index contributed by atoms with van der Waals surface area (Å²) >= 11 is 11.8. The van der Waals surface area contributed by atoms with E-state index in [4.69, 9.17) is 33.7 Å². The van der Waals surface area contributed by atoms with E-state index in [1.165, 1.54) is 10.6 Å². The molecular weight excluding hydrogens is 459 g/mol. The fraction of sp³-hybridized carbons (Fsp3) is 0.429. The fourth-order valence-corrected chi connectivity index (χ4v) is 3.37. The highest BCUT2D eigenvalue weighted by atomic mass is 35.5. The topological polar surface area (TPSA) is 127 Å². The zero-order valence-corrected chi connectivity index (χ0v) is 19.5. The molecular formula is C21H26Cl2N4O5. The van der Waals surface area contributed by atoms with Gasteiger partial charge in [-0.05, 0) is 30.5 Å². The van der Waals surface area contributed by atoms with Crippen molar-refractivity contribution >= 4 is 46.6 Å². The lowest BCUT2D eigenvalue weighted by atomic mass is 10.1. The van der Waals surface area contributed by atoms with Crippen LogP contribution in [0.3, 0.4) is 0 Å². The number of anilines is 2. The molecule has 1 aromatic heterocycles. The molecule has 0 fully saturated rings. The van der Waals surface area contributed by atoms with Crippen molar-refractivity contribution in [1.82, 2.24) is 9.55 Å². The van der Waals surface area contributed by atoms with Crippen LogP contribution in [-0.2, 0) is 27.3 Å². The number of unbranched alkanes of at least 4 members (excludes halogenated alkanes) is 1. The van der Waals surface area contributed by atoms with Gasteiger partial charge in [0.05, 0.1) is 16.5 Å². The molecule has 0 saturated carbocycles. The highest BCUT2D eigenvalue weighted by Gasteiger charge is 2.24. The van der Waals surface area contributed by atoms with E-state index in [2.05, 4.69) is 4.98 Å². The Morgan fingerprint density at radius 1 is 1.16 bits per heavy atom. The first-order chi connectivity index (χ1) is 15.2. The number of rotatable bonds is 10. The van der Waals surface area contributed by atoms with Crippen LogP contribution < -0.4 is 21.9 Å². The number of hydrogen-bond donors (Lipinski definition) is 2. The van der Waals surface area contributed by atoms with Crippen LogP contribution in [0.15, 0.2) is 27.8 Å². The summed E-state index contributed by atoms with van der Waals surface area (Å²) in [6.07, 6.45) is 1.82. The number of halogens is 2. The van der Waals surface area contributed by atoms with Crippen molar-refractivity contribution in [3.8, 4) is 0 Å². The Balaban J connectivity index is 2.20. The van der Waals surface area contributed by atoms with E-state index in [0.717, 1.165) is 11.3 Å². The zero-order valence-electron chi connectivity index (χ0n) is 18.0. The molecule has 0 aliphatic rings. The van der Waals surface area contributed by atoms with Gasteiger partial charge in [0, 0.05) is 13.1 Å². The number of nitrogens with one attached hydrogen (secondary N) is 1. The lowest BCUT2D eigenvalue weighted by Gasteiger charge is -2.24. The third-order valence-corrected chi connectivity index (χ3v) is 5.40. The molecule has 1 aromatic carbocycles. The summed E-state index contributed by atoms with van der Waals surface area (Å²) in [6, 6.07) is 4.73. The summed E-state index contributed by atoms with van der Waals surface area (Å²) in [7, 11) is 0. The third kappa shape index (κ3) is 6.37. The van der Waals surface area contributed by atoms with Crippen LogP contribution in [0.25, 0.3) is 0 Å². The van der Waals surface area contributed by atoms with Gasteiger partial charge in [-0.1, -0.05) is 49.5 Å². The molecule has 11 heteroatoms. The molecule has 2 aromatic rings. The number of carbonyl (C=O) groups excluding carboxylic acids is 2. The Morgan fingerprint density at radius 2 is 1.88 bits per heavy atom. The molecule has 0 aliphatic heterocycles. The normalized spacial score (nSPS) is 10.8. The van der Waals surface area contributed by atoms with E-state index >= 15 is 0 Å². The molecule has 174 valence electrons. The molecule has 0 bridgehead atoms. The number of nitrogen functional groups attached to an aromatic ring is 1. The van der Waals surface area contributed by atoms with Gasteiger partial charge in [-0.3, -0.25) is 23.9 Å². The van der Waals surface area contributed by atoms with Crippen LogP contribution in [-0.4, -0.2) is 34.6 Å². The van der Waals surface area contributed by atoms with Gasteiger partial charge >= 0.3 is 11.7 Å². The van der Waals surface area contributed by atoms with Crippen molar-refractivity contribution in [2.24, 2.45) is 0 Å². The van der Waals surface area contributed by atoms with Crippen LogP contribution in [0.1, 0.15) is 38.7 Å². The third-order valence-electron chi connectivity index (χ3n) is 4.66. The Morgan fingerprint density at radius 3 is 2.50 bits per heavy atom. The molecule has 0 aliphatic carbocycles. The van der Waals surface area contributed by atoms with E-state index in [0.29, 0.717) is 28.5 Å². The molecule has 0 radical (unpaired) electrons. The first-order valence-corrected chi connectivity index (χ1v) is 11.0. The van der Waals surface area contributed by atoms with Crippen molar-refractivity contribution in [1.29, 1.82) is 0 Å². The molecule has 3 N–H and O–H groups in total. The lowest BCUT2D eigenvalue weighted by Crippen LogP contribution is -2.43. The number of hydrogen-bond acceptors (Lipinski definition) is 6. The minimum Gasteiger partial charge on any atom is -0.455 e. The second-order valence-corrected chi connectivity index (χ2v) is 7.94. The molecule has 9 nitrogen and oxygen atoms in total. The maximum absolute atomic E-state index is 12.9. The minimum atomic E-state index is -0.772. The second kappa shape index (κ2) is 11.7. The van der Waals surface area contributed by atoms with Gasteiger partial charge < -0.3 is 15.4 Å². The van der Waals surface area contributed by atoms with Crippen molar-refractivity contribution in [3.05, 3.63) is 54.6 Å². The van der Waals surface area contributed by atoms with Gasteiger partial charge in [0.15, 0.2) is 12.3 Å². The number of esters is 1. The molecule has 2 rings (SSSR count). The SMILES string of the molecule is CCCCN(C(=O)COC(=O)Cc1ccc(Cl)c(Cl)c1)c1c(N)n(CCC)c(=O)[nH]c1=O. The van der Waals surface area contributed by atoms with Crippen molar-refractivity contribution in [3.63, 3.8) is 0 Å². The first kappa shape index (κ1) is 25.5. The van der Waals surface area contributed by atoms with Crippen molar-refractivity contribution in [2.45, 2.75) is 46.1 Å². The molecule has 1 amide bonds. The van der Waals surface area contributed by atoms with E-state index in [9.17, 15) is 19.2 Å². The van der Waals surface area contributed by atoms with E-state index < -0.39 is 29.7 Å². The summed E-state index contributed by atoms with van der Waals surface area (Å²) in [6.45, 7) is 3.64. The Kier molecular flexibility index (Phi) is 9.34. The predicted octanol–water partition coefficient (Wildman–Crippen LogP) is 2.75. The molecule has 0 atom stereocenters. The average molecular weight is 485 g/mol. The maximum Gasteiger partial charge on any atom is 0.330 e. The van der Waals surface area contributed by atoms with E-state index in [1.54, 1.807) is 12.1 Å². The van der Waals surface area contributed by atoms with Crippen LogP contribution in [0, 0.1) is 0 Å². The number of aromatic nitrogens is 2. The number of aromatic amines is 1. The molecule has 0 saturated heterocycles. The van der Waals surface area contributed by atoms with Gasteiger partial charge in [-0.2, -0.15) is 0 Å². The van der Waals surface area contributed by atoms with Crippen LogP contribution >= 0.6 is 23.2 Å². The second-order valence-electron chi connectivity index (χ2n) is 7.13. The largest absolute Gasteiger partial charge is 0.455 e. The standard InChI is InChI=1S/C21H26Cl2N4O5/c1-3-5-9-26(18-19(24)27(8-4-2)21(31)25-20(18)30)16(28)12-32-17(29)11-13-6-7-14(22)15(23)10-13/h6-7,10H,3-5,8-9,11-12,24H2,1-2H3,(H,25,30,31). The van der Waals surface area contributed by atoms with Crippen LogP contribution in [0.2, 0.25) is 10.0 Å². The number of benzene rings is 1. The van der Waals surface area contributed by atoms with Gasteiger partial charge in [0.1, 0.15) is 5.82 Å². The first-order valence-electron chi connectivity index (χ1n) is 10.2. The van der Waals surface area contributed by atoms with Gasteiger partial charge in [-0.15, -0.1) is 0 Å². The van der Waals surface area contributed by atoms with E-state index in [1.807, 2.05) is 13.8 Å². The molecule has 1 heterocycles. The lowest BCUT2D eigenvalue weighted by molar-refractivity contribution is -0.147. The highest BCUT2D eigenvalue weighted by molar-refractivity contribution is 6.42. The average Bonchev–Trinajstić information content (AvgIpc) is 2.74. The number of nitrogens with two attached hydrogens (primary N) is 1. The zero-order chi connectivity index (χ0) is 23.8. The monoisotopic (exact) mass is 484 g/mol.